The first-order valence-electron chi connectivity index (χ1n) is 28.6. The van der Waals surface area contributed by atoms with Crippen LogP contribution in [0.3, 0.4) is 0 Å². The fourth-order valence-electron chi connectivity index (χ4n) is 8.26. The lowest BCUT2D eigenvalue weighted by Crippen LogP contribution is -2.30. The number of unbranched alkanes of at least 4 members (excludes halogenated alkanes) is 33. The number of hydrogen-bond donors (Lipinski definition) is 0. The van der Waals surface area contributed by atoms with E-state index in [1.165, 1.54) is 186 Å². The van der Waals surface area contributed by atoms with E-state index in [4.69, 9.17) is 14.2 Å². The molecule has 0 bridgehead atoms. The van der Waals surface area contributed by atoms with Crippen LogP contribution in [0, 0.1) is 0 Å². The maximum atomic E-state index is 12.8. The Balaban J connectivity index is 4.39. The topological polar surface area (TPSA) is 78.9 Å². The SMILES string of the molecule is CCCCC/C=C\C/C=C\C/C=C\C/C=C\CCCC(=O)OC[C@H](COC(=O)CCCCCCCCCCCCCC)OC(=O)CCCCCCCCCCCCCCCCCCCCC. The van der Waals surface area contributed by atoms with Crippen molar-refractivity contribution < 1.29 is 28.6 Å². The highest BCUT2D eigenvalue weighted by Crippen LogP contribution is 2.17. The highest BCUT2D eigenvalue weighted by molar-refractivity contribution is 5.71. The summed E-state index contributed by atoms with van der Waals surface area (Å²) in [5.41, 5.74) is 0. The highest BCUT2D eigenvalue weighted by Gasteiger charge is 2.19. The molecule has 6 heteroatoms. The molecule has 0 N–H and O–H groups in total. The zero-order chi connectivity index (χ0) is 47.9. The zero-order valence-corrected chi connectivity index (χ0v) is 44.0. The molecule has 0 aromatic rings. The maximum Gasteiger partial charge on any atom is 0.306 e. The van der Waals surface area contributed by atoms with Gasteiger partial charge in [-0.2, -0.15) is 0 Å². The first-order chi connectivity index (χ1) is 32.5. The van der Waals surface area contributed by atoms with Gasteiger partial charge in [0.25, 0.3) is 0 Å². The van der Waals surface area contributed by atoms with Crippen molar-refractivity contribution in [3.8, 4) is 0 Å². The number of rotatable bonds is 52. The minimum Gasteiger partial charge on any atom is -0.462 e. The number of allylic oxidation sites excluding steroid dienone is 8. The van der Waals surface area contributed by atoms with Crippen molar-refractivity contribution in [3.05, 3.63) is 48.6 Å². The summed E-state index contributed by atoms with van der Waals surface area (Å²) in [6.45, 7) is 6.60. The van der Waals surface area contributed by atoms with Gasteiger partial charge in [-0.25, -0.2) is 0 Å². The van der Waals surface area contributed by atoms with Crippen LogP contribution in [0.4, 0.5) is 0 Å². The molecular weight excluding hydrogens is 817 g/mol. The maximum absolute atomic E-state index is 12.8. The van der Waals surface area contributed by atoms with Crippen molar-refractivity contribution in [1.29, 1.82) is 0 Å². The third kappa shape index (κ3) is 52.3. The lowest BCUT2D eigenvalue weighted by Gasteiger charge is -2.18. The van der Waals surface area contributed by atoms with Crippen LogP contribution in [0.15, 0.2) is 48.6 Å². The summed E-state index contributed by atoms with van der Waals surface area (Å²) < 4.78 is 16.8. The molecular formula is C60H108O6. The van der Waals surface area contributed by atoms with Crippen LogP contribution in [0.5, 0.6) is 0 Å². The van der Waals surface area contributed by atoms with Crippen molar-refractivity contribution in [3.63, 3.8) is 0 Å². The molecule has 0 aliphatic heterocycles. The number of ether oxygens (including phenoxy) is 3. The van der Waals surface area contributed by atoms with E-state index < -0.39 is 6.10 Å². The molecule has 0 radical (unpaired) electrons. The van der Waals surface area contributed by atoms with Crippen LogP contribution in [0.1, 0.15) is 297 Å². The molecule has 0 saturated carbocycles. The molecule has 0 rings (SSSR count). The molecule has 0 aliphatic rings. The van der Waals surface area contributed by atoms with E-state index in [0.29, 0.717) is 19.3 Å². The second kappa shape index (κ2) is 55.0. The molecule has 0 aliphatic carbocycles. The third-order valence-corrected chi connectivity index (χ3v) is 12.6. The third-order valence-electron chi connectivity index (χ3n) is 12.6. The van der Waals surface area contributed by atoms with Gasteiger partial charge in [-0.05, 0) is 57.8 Å². The predicted octanol–water partition coefficient (Wildman–Crippen LogP) is 19.0. The van der Waals surface area contributed by atoms with E-state index in [9.17, 15) is 14.4 Å². The highest BCUT2D eigenvalue weighted by atomic mass is 16.6. The minimum atomic E-state index is -0.791. The molecule has 0 amide bonds. The average molecular weight is 926 g/mol. The number of carbonyl (C=O) groups excluding carboxylic acids is 3. The van der Waals surface area contributed by atoms with Crippen LogP contribution in [-0.4, -0.2) is 37.2 Å². The van der Waals surface area contributed by atoms with Gasteiger partial charge in [0.1, 0.15) is 13.2 Å². The van der Waals surface area contributed by atoms with E-state index in [0.717, 1.165) is 64.2 Å². The molecule has 384 valence electrons. The summed E-state index contributed by atoms with van der Waals surface area (Å²) in [4.78, 5) is 38.1. The van der Waals surface area contributed by atoms with E-state index in [1.54, 1.807) is 0 Å². The Bertz CT molecular complexity index is 1150. The Morgan fingerprint density at radius 2 is 0.561 bits per heavy atom. The molecule has 0 heterocycles. The second-order valence-electron chi connectivity index (χ2n) is 19.2. The lowest BCUT2D eigenvalue weighted by molar-refractivity contribution is -0.167. The normalized spacial score (nSPS) is 12.3. The molecule has 0 fully saturated rings. The average Bonchev–Trinajstić information content (AvgIpc) is 3.31. The minimum absolute atomic E-state index is 0.0858. The summed E-state index contributed by atoms with van der Waals surface area (Å²) in [6.07, 6.45) is 66.8. The van der Waals surface area contributed by atoms with Crippen molar-refractivity contribution in [1.82, 2.24) is 0 Å². The molecule has 66 heavy (non-hydrogen) atoms. The Morgan fingerprint density at radius 3 is 0.909 bits per heavy atom. The fraction of sp³-hybridized carbons (Fsp3) is 0.817. The van der Waals surface area contributed by atoms with Gasteiger partial charge >= 0.3 is 17.9 Å². The van der Waals surface area contributed by atoms with Crippen LogP contribution >= 0.6 is 0 Å². The number of carbonyl (C=O) groups is 3. The summed E-state index contributed by atoms with van der Waals surface area (Å²) in [5.74, 6) is -0.929. The molecule has 0 saturated heterocycles. The van der Waals surface area contributed by atoms with Gasteiger partial charge < -0.3 is 14.2 Å². The Labute approximate surface area is 409 Å². The van der Waals surface area contributed by atoms with Gasteiger partial charge in [-0.3, -0.25) is 14.4 Å². The number of hydrogen-bond acceptors (Lipinski definition) is 6. The van der Waals surface area contributed by atoms with Gasteiger partial charge in [-0.15, -0.1) is 0 Å². The van der Waals surface area contributed by atoms with E-state index in [-0.39, 0.29) is 37.5 Å². The second-order valence-corrected chi connectivity index (χ2v) is 19.2. The van der Waals surface area contributed by atoms with Crippen molar-refractivity contribution in [2.24, 2.45) is 0 Å². The summed E-state index contributed by atoms with van der Waals surface area (Å²) in [6, 6.07) is 0. The van der Waals surface area contributed by atoms with E-state index >= 15 is 0 Å². The monoisotopic (exact) mass is 925 g/mol. The standard InChI is InChI=1S/C60H108O6/c1-4-7-10-13-16-19-22-25-27-29-30-32-34-36-39-42-45-48-51-54-60(63)66-57(55-64-58(61)52-49-46-43-40-37-24-21-18-15-12-9-6-3)56-65-59(62)53-50-47-44-41-38-35-33-31-28-26-23-20-17-14-11-8-5-2/h17,20,26,28,33,35,41,44,57H,4-16,18-19,21-25,27,29-32,34,36-40,42-43,45-56H2,1-3H3/b20-17-,28-26-,35-33-,44-41-/t57-/m0/s1. The van der Waals surface area contributed by atoms with Crippen LogP contribution < -0.4 is 0 Å². The molecule has 0 unspecified atom stereocenters. The van der Waals surface area contributed by atoms with Crippen LogP contribution in [0.25, 0.3) is 0 Å². The van der Waals surface area contributed by atoms with Gasteiger partial charge in [0.15, 0.2) is 6.10 Å². The Hall–Kier alpha value is -2.63. The summed E-state index contributed by atoms with van der Waals surface area (Å²) >= 11 is 0. The first kappa shape index (κ1) is 63.4. The molecule has 0 spiro atoms. The molecule has 6 nitrogen and oxygen atoms in total. The Kier molecular flexibility index (Phi) is 52.8. The lowest BCUT2D eigenvalue weighted by atomic mass is 10.0. The summed E-state index contributed by atoms with van der Waals surface area (Å²) in [7, 11) is 0. The quantitative estimate of drug-likeness (QED) is 0.0262. The molecule has 0 aromatic heterocycles. The first-order valence-corrected chi connectivity index (χ1v) is 28.6. The van der Waals surface area contributed by atoms with Gasteiger partial charge in [0, 0.05) is 19.3 Å². The van der Waals surface area contributed by atoms with Gasteiger partial charge in [-0.1, -0.05) is 268 Å². The van der Waals surface area contributed by atoms with E-state index in [2.05, 4.69) is 69.4 Å². The smallest absolute Gasteiger partial charge is 0.306 e. The number of esters is 3. The van der Waals surface area contributed by atoms with Gasteiger partial charge in [0.05, 0.1) is 0 Å². The van der Waals surface area contributed by atoms with Gasteiger partial charge in [0.2, 0.25) is 0 Å². The zero-order valence-electron chi connectivity index (χ0n) is 44.0. The van der Waals surface area contributed by atoms with Crippen molar-refractivity contribution >= 4 is 17.9 Å². The van der Waals surface area contributed by atoms with Crippen molar-refractivity contribution in [2.75, 3.05) is 13.2 Å². The largest absolute Gasteiger partial charge is 0.462 e. The predicted molar refractivity (Wildman–Crippen MR) is 284 cm³/mol. The molecule has 0 aromatic carbocycles. The fourth-order valence-corrected chi connectivity index (χ4v) is 8.26. The van der Waals surface area contributed by atoms with Crippen LogP contribution in [0.2, 0.25) is 0 Å². The Morgan fingerprint density at radius 1 is 0.303 bits per heavy atom. The van der Waals surface area contributed by atoms with E-state index in [1.807, 2.05) is 0 Å². The van der Waals surface area contributed by atoms with Crippen molar-refractivity contribution in [2.45, 2.75) is 303 Å². The van der Waals surface area contributed by atoms with Crippen LogP contribution in [-0.2, 0) is 28.6 Å². The summed E-state index contributed by atoms with van der Waals surface area (Å²) in [5, 5.41) is 0. The molecule has 1 atom stereocenters.